The van der Waals surface area contributed by atoms with Crippen LogP contribution in [0.25, 0.3) is 73.6 Å². The summed E-state index contributed by atoms with van der Waals surface area (Å²) in [6, 6.07) is 29.3. The molecule has 1 aliphatic heterocycles. The molecule has 13 heteroatoms. The number of rotatable bonds is 26. The van der Waals surface area contributed by atoms with Gasteiger partial charge < -0.3 is 0 Å². The second kappa shape index (κ2) is 26.1. The van der Waals surface area contributed by atoms with E-state index in [1.165, 1.54) is 188 Å². The van der Waals surface area contributed by atoms with Gasteiger partial charge in [-0.2, -0.15) is 31.4 Å². The van der Waals surface area contributed by atoms with Gasteiger partial charge >= 0.3 is 0 Å². The van der Waals surface area contributed by atoms with Crippen molar-refractivity contribution in [1.82, 2.24) is 17.5 Å². The molecule has 4 nitrogen and oxygen atoms in total. The molecule has 0 N–H and O–H groups in total. The fraction of sp³-hybridized carbons (Fsp3) is 0.500. The zero-order valence-electron chi connectivity index (χ0n) is 41.5. The molecular weight excluding hydrogens is 1320 g/mol. The standard InChI is InChI=1S/C56H68N4S6Si.2W/c1-7-13-17-19-23-39-25-31-45(61-39)41-27-29-43(53-51(41)57-65-59-53)47-33-49-55(63-47)56-50(67(49,35-37(11-5)21-15-9-3)36-38(12-6)22-16-10-4)34-48(64-56)44-30-28-42(52-54(44)60-66-58-52)46-32-26-40(62-46)24-20-18-14-8-2;;/h25-26,29-34,37-38H,7-24,35-36H2,1-6H3;;/q-2;;. The zero-order valence-corrected chi connectivity index (χ0v) is 53.2. The molecule has 0 spiro atoms. The van der Waals surface area contributed by atoms with Crippen molar-refractivity contribution in [3.8, 4) is 51.5 Å². The third-order valence-electron chi connectivity index (χ3n) is 14.6. The molecule has 0 aliphatic carbocycles. The fourth-order valence-corrected chi connectivity index (χ4v) is 24.4. The fourth-order valence-electron chi connectivity index (χ4n) is 10.8. The predicted octanol–water partition coefficient (Wildman–Crippen LogP) is 18.4. The Balaban J connectivity index is 0.00000352. The van der Waals surface area contributed by atoms with Crippen molar-refractivity contribution in [2.45, 2.75) is 169 Å². The number of aromatic nitrogens is 4. The molecule has 2 atom stereocenters. The molecule has 0 fully saturated rings. The molecule has 0 saturated heterocycles. The van der Waals surface area contributed by atoms with Crippen LogP contribution in [0, 0.1) is 24.0 Å². The third-order valence-corrected chi connectivity index (χ3v) is 26.3. The van der Waals surface area contributed by atoms with Gasteiger partial charge in [0.2, 0.25) is 0 Å². The monoisotopic (exact) mass is 1380 g/mol. The van der Waals surface area contributed by atoms with Crippen molar-refractivity contribution >= 4 is 109 Å². The minimum atomic E-state index is -2.29. The minimum absolute atomic E-state index is 0. The Labute approximate surface area is 467 Å². The van der Waals surface area contributed by atoms with Crippen LogP contribution in [0.2, 0.25) is 12.1 Å². The van der Waals surface area contributed by atoms with Crippen molar-refractivity contribution in [2.24, 2.45) is 11.8 Å². The van der Waals surface area contributed by atoms with E-state index in [4.69, 9.17) is 17.5 Å². The van der Waals surface area contributed by atoms with Crippen molar-refractivity contribution in [3.05, 3.63) is 70.4 Å². The van der Waals surface area contributed by atoms with Gasteiger partial charge in [-0.1, -0.05) is 179 Å². The number of unbranched alkanes of at least 4 members (excludes halogenated alkanes) is 8. The van der Waals surface area contributed by atoms with E-state index in [9.17, 15) is 0 Å². The Morgan fingerprint density at radius 3 is 1.30 bits per heavy atom. The maximum absolute atomic E-state index is 5.05. The van der Waals surface area contributed by atoms with Gasteiger partial charge in [-0.3, -0.25) is 0 Å². The summed E-state index contributed by atoms with van der Waals surface area (Å²) in [6.45, 7) is 14.2. The third kappa shape index (κ3) is 11.9. The van der Waals surface area contributed by atoms with E-state index in [2.05, 4.69) is 102 Å². The molecule has 69 heavy (non-hydrogen) atoms. The summed E-state index contributed by atoms with van der Waals surface area (Å²) in [4.78, 5) is 11.1. The number of thiophene rings is 4. The maximum atomic E-state index is 5.05. The second-order valence-corrected chi connectivity index (χ2v) is 28.8. The summed E-state index contributed by atoms with van der Waals surface area (Å²) in [5.74, 6) is 1.43. The molecule has 0 saturated carbocycles. The maximum Gasteiger partial charge on any atom is 0.122 e. The van der Waals surface area contributed by atoms with Crippen LogP contribution in [0.15, 0.2) is 48.5 Å². The Morgan fingerprint density at radius 2 is 0.899 bits per heavy atom. The predicted molar refractivity (Wildman–Crippen MR) is 302 cm³/mol. The summed E-state index contributed by atoms with van der Waals surface area (Å²) in [7, 11) is -2.29. The molecule has 0 bridgehead atoms. The van der Waals surface area contributed by atoms with Gasteiger partial charge in [0.05, 0.1) is 23.5 Å². The summed E-state index contributed by atoms with van der Waals surface area (Å²) in [5, 5.41) is 3.39. The molecule has 0 radical (unpaired) electrons. The largest absolute Gasteiger partial charge is 0.224 e. The van der Waals surface area contributed by atoms with E-state index in [0.29, 0.717) is 0 Å². The van der Waals surface area contributed by atoms with E-state index in [-0.39, 0.29) is 42.1 Å². The molecule has 2 unspecified atom stereocenters. The van der Waals surface area contributed by atoms with Crippen LogP contribution in [0.3, 0.4) is 0 Å². The Hall–Kier alpha value is -1.53. The van der Waals surface area contributed by atoms with Crippen LogP contribution < -0.4 is 10.4 Å². The Kier molecular flexibility index (Phi) is 20.9. The average molecular weight is 1390 g/mol. The zero-order chi connectivity index (χ0) is 46.3. The van der Waals surface area contributed by atoms with Crippen molar-refractivity contribution in [1.29, 1.82) is 0 Å². The van der Waals surface area contributed by atoms with Gasteiger partial charge in [-0.15, -0.1) is 58.1 Å². The van der Waals surface area contributed by atoms with Crippen LogP contribution in [-0.4, -0.2) is 25.6 Å². The molecule has 9 rings (SSSR count). The van der Waals surface area contributed by atoms with Crippen LogP contribution >= 0.6 is 68.8 Å². The number of nitrogens with zero attached hydrogens (tertiary/aromatic N) is 4. The summed E-state index contributed by atoms with van der Waals surface area (Å²) in [6.07, 6.45) is 22.9. The Morgan fingerprint density at radius 1 is 0.478 bits per heavy atom. The molecule has 2 aromatic carbocycles. The molecule has 0 amide bonds. The molecule has 366 valence electrons. The molecule has 1 aliphatic rings. The first-order valence-corrected chi connectivity index (χ1v) is 32.9. The van der Waals surface area contributed by atoms with E-state index >= 15 is 0 Å². The topological polar surface area (TPSA) is 51.6 Å². The van der Waals surface area contributed by atoms with Crippen LogP contribution in [0.4, 0.5) is 0 Å². The first-order valence-electron chi connectivity index (χ1n) is 25.7. The summed E-state index contributed by atoms with van der Waals surface area (Å²) >= 11 is 10.6. The van der Waals surface area contributed by atoms with Crippen molar-refractivity contribution in [3.63, 3.8) is 0 Å². The Bertz CT molecular complexity index is 2670. The average Bonchev–Trinajstić information content (AvgIpc) is 4.22. The van der Waals surface area contributed by atoms with Gasteiger partial charge in [0.15, 0.2) is 0 Å². The van der Waals surface area contributed by atoms with Crippen molar-refractivity contribution in [2.75, 3.05) is 0 Å². The number of benzene rings is 2. The number of hydrogen-bond donors (Lipinski definition) is 0. The van der Waals surface area contributed by atoms with E-state index in [1.54, 1.807) is 10.4 Å². The van der Waals surface area contributed by atoms with Crippen LogP contribution in [0.5, 0.6) is 0 Å². The molecule has 8 aromatic rings. The van der Waals surface area contributed by atoms with Gasteiger partial charge in [-0.05, 0) is 89.2 Å². The molecular formula is C56H68N4S6SiW2-2. The SMILES string of the molecule is CCCCCCc1ccc(-c2[c-]cc(-c3cc4c(s3)-c3sc(-c5c[c-]c(-c6ccc(CCCCCC)s6)c6nsnc56)cc3[Si]4(CC(CC)CCCC)CC(CC)CCCC)c3nsnc23)s1.[W].[W]. The minimum Gasteiger partial charge on any atom is -0.224 e. The van der Waals surface area contributed by atoms with E-state index in [1.807, 2.05) is 45.3 Å². The first-order chi connectivity index (χ1) is 32.9. The normalized spacial score (nSPS) is 13.7. The summed E-state index contributed by atoms with van der Waals surface area (Å²) < 4.78 is 20.0. The number of hydrogen-bond acceptors (Lipinski definition) is 10. The van der Waals surface area contributed by atoms with Gasteiger partial charge in [-0.25, -0.2) is 8.75 Å². The van der Waals surface area contributed by atoms with Crippen LogP contribution in [-0.2, 0) is 55.0 Å². The van der Waals surface area contributed by atoms with Crippen LogP contribution in [0.1, 0.15) is 154 Å². The quantitative estimate of drug-likeness (QED) is 0.0308. The van der Waals surface area contributed by atoms with Crippen molar-refractivity contribution < 1.29 is 42.1 Å². The van der Waals surface area contributed by atoms with Gasteiger partial charge in [0.25, 0.3) is 0 Å². The van der Waals surface area contributed by atoms with E-state index < -0.39 is 8.07 Å². The second-order valence-electron chi connectivity index (χ2n) is 19.3. The van der Waals surface area contributed by atoms with Gasteiger partial charge in [0, 0.05) is 74.0 Å². The molecule has 7 heterocycles. The van der Waals surface area contributed by atoms with Gasteiger partial charge in [0.1, 0.15) is 8.07 Å². The van der Waals surface area contributed by atoms with E-state index in [0.717, 1.165) is 57.9 Å². The molecule has 6 aromatic heterocycles. The summed E-state index contributed by atoms with van der Waals surface area (Å²) in [5.41, 5.74) is 8.65. The smallest absolute Gasteiger partial charge is 0.122 e. The first kappa shape index (κ1) is 55.2. The number of fused-ring (bicyclic) bond motifs is 5. The number of aryl methyl sites for hydroxylation is 2.